The molecule has 6 heteroatoms. The molecule has 0 aliphatic heterocycles. The summed E-state index contributed by atoms with van der Waals surface area (Å²) in [5, 5.41) is 2.54. The largest absolute Gasteiger partial charge is 0.368 e. The van der Waals surface area contributed by atoms with E-state index in [2.05, 4.69) is 23.2 Å². The number of hydrogen-bond donors (Lipinski definition) is 1. The van der Waals surface area contributed by atoms with Crippen molar-refractivity contribution in [3.63, 3.8) is 0 Å². The standard InChI is InChI=1S/C18H17N3O2S/c19-15(22)8-21-10-20-17-16(18(21)23)14(9-24-17)13-6-5-11-3-1-2-4-12(11)7-13/h5-7,9-10H,1-4,8H2,(H2,19,22). The number of amides is 1. The number of fused-ring (bicyclic) bond motifs is 2. The maximum absolute atomic E-state index is 12.7. The maximum atomic E-state index is 12.7. The number of carbonyl (C=O) groups excluding carboxylic acids is 1. The van der Waals surface area contributed by atoms with E-state index < -0.39 is 5.91 Å². The van der Waals surface area contributed by atoms with Crippen molar-refractivity contribution < 1.29 is 4.79 Å². The zero-order valence-corrected chi connectivity index (χ0v) is 13.9. The molecular weight excluding hydrogens is 322 g/mol. The molecule has 0 radical (unpaired) electrons. The fraction of sp³-hybridized carbons (Fsp3) is 0.278. The summed E-state index contributed by atoms with van der Waals surface area (Å²) in [4.78, 5) is 28.9. The Morgan fingerprint density at radius 3 is 2.83 bits per heavy atom. The Balaban J connectivity index is 1.88. The van der Waals surface area contributed by atoms with Gasteiger partial charge in [-0.25, -0.2) is 4.98 Å². The minimum Gasteiger partial charge on any atom is -0.368 e. The van der Waals surface area contributed by atoms with E-state index >= 15 is 0 Å². The lowest BCUT2D eigenvalue weighted by atomic mass is 9.89. The first-order valence-electron chi connectivity index (χ1n) is 8.00. The minimum atomic E-state index is -0.552. The number of aryl methyl sites for hydroxylation is 2. The summed E-state index contributed by atoms with van der Waals surface area (Å²) in [5.74, 6) is -0.552. The number of nitrogens with zero attached hydrogens (tertiary/aromatic N) is 2. The third-order valence-electron chi connectivity index (χ3n) is 4.55. The van der Waals surface area contributed by atoms with Crippen molar-refractivity contribution in [2.75, 3.05) is 0 Å². The van der Waals surface area contributed by atoms with Gasteiger partial charge in [-0.1, -0.05) is 18.2 Å². The number of aromatic nitrogens is 2. The molecule has 1 aliphatic rings. The maximum Gasteiger partial charge on any atom is 0.263 e. The van der Waals surface area contributed by atoms with Crippen LogP contribution in [-0.2, 0) is 24.2 Å². The van der Waals surface area contributed by atoms with Crippen LogP contribution < -0.4 is 11.3 Å². The molecule has 2 N–H and O–H groups in total. The number of carbonyl (C=O) groups is 1. The molecular formula is C18H17N3O2S. The molecule has 122 valence electrons. The van der Waals surface area contributed by atoms with Crippen molar-refractivity contribution in [2.24, 2.45) is 5.73 Å². The molecule has 2 aromatic heterocycles. The molecule has 0 saturated carbocycles. The van der Waals surface area contributed by atoms with Gasteiger partial charge in [0, 0.05) is 10.9 Å². The van der Waals surface area contributed by atoms with Crippen LogP contribution in [0.1, 0.15) is 24.0 Å². The van der Waals surface area contributed by atoms with Crippen LogP contribution in [0.2, 0.25) is 0 Å². The predicted molar refractivity (Wildman–Crippen MR) is 95.2 cm³/mol. The zero-order valence-electron chi connectivity index (χ0n) is 13.1. The van der Waals surface area contributed by atoms with Gasteiger partial charge in [-0.3, -0.25) is 14.2 Å². The summed E-state index contributed by atoms with van der Waals surface area (Å²) in [6.45, 7) is -0.152. The van der Waals surface area contributed by atoms with Crippen LogP contribution in [0.4, 0.5) is 0 Å². The third kappa shape index (κ3) is 2.53. The van der Waals surface area contributed by atoms with Gasteiger partial charge in [0.05, 0.1) is 11.7 Å². The lowest BCUT2D eigenvalue weighted by Gasteiger charge is -2.16. The first kappa shape index (κ1) is 15.1. The van der Waals surface area contributed by atoms with Crippen LogP contribution in [0.3, 0.4) is 0 Å². The van der Waals surface area contributed by atoms with Crippen LogP contribution in [0.25, 0.3) is 21.3 Å². The van der Waals surface area contributed by atoms with E-state index in [9.17, 15) is 9.59 Å². The first-order chi connectivity index (χ1) is 11.6. The number of benzene rings is 1. The van der Waals surface area contributed by atoms with Gasteiger partial charge in [-0.15, -0.1) is 11.3 Å². The summed E-state index contributed by atoms with van der Waals surface area (Å²) in [5.41, 5.74) is 9.71. The van der Waals surface area contributed by atoms with E-state index in [1.54, 1.807) is 0 Å². The van der Waals surface area contributed by atoms with Crippen molar-refractivity contribution in [1.82, 2.24) is 9.55 Å². The monoisotopic (exact) mass is 339 g/mol. The molecule has 1 amide bonds. The lowest BCUT2D eigenvalue weighted by Crippen LogP contribution is -2.28. The predicted octanol–water partition coefficient (Wildman–Crippen LogP) is 2.49. The third-order valence-corrected chi connectivity index (χ3v) is 5.43. The average Bonchev–Trinajstić information content (AvgIpc) is 3.01. The molecule has 0 unspecified atom stereocenters. The molecule has 0 spiro atoms. The molecule has 0 bridgehead atoms. The number of primary amides is 1. The van der Waals surface area contributed by atoms with Crippen LogP contribution in [0.15, 0.2) is 34.7 Å². The van der Waals surface area contributed by atoms with Crippen LogP contribution in [-0.4, -0.2) is 15.5 Å². The molecule has 3 aromatic rings. The summed E-state index contributed by atoms with van der Waals surface area (Å²) in [6.07, 6.45) is 6.08. The van der Waals surface area contributed by atoms with E-state index in [-0.39, 0.29) is 12.1 Å². The summed E-state index contributed by atoms with van der Waals surface area (Å²) in [6, 6.07) is 6.45. The van der Waals surface area contributed by atoms with Crippen LogP contribution >= 0.6 is 11.3 Å². The molecule has 24 heavy (non-hydrogen) atoms. The Morgan fingerprint density at radius 1 is 1.25 bits per heavy atom. The number of thiophene rings is 1. The lowest BCUT2D eigenvalue weighted by molar-refractivity contribution is -0.118. The molecule has 1 aliphatic carbocycles. The van der Waals surface area contributed by atoms with E-state index in [0.717, 1.165) is 24.0 Å². The molecule has 5 nitrogen and oxygen atoms in total. The molecule has 4 rings (SSSR count). The van der Waals surface area contributed by atoms with Gasteiger partial charge in [0.25, 0.3) is 5.56 Å². The van der Waals surface area contributed by atoms with Crippen LogP contribution in [0.5, 0.6) is 0 Å². The van der Waals surface area contributed by atoms with E-state index in [4.69, 9.17) is 5.73 Å². The van der Waals surface area contributed by atoms with E-state index in [1.807, 2.05) is 5.38 Å². The number of rotatable bonds is 3. The van der Waals surface area contributed by atoms with Crippen LogP contribution in [0, 0.1) is 0 Å². The van der Waals surface area contributed by atoms with Gasteiger partial charge < -0.3 is 5.73 Å². The SMILES string of the molecule is NC(=O)Cn1cnc2scc(-c3ccc4c(c3)CCCC4)c2c1=O. The molecule has 2 heterocycles. The molecule has 1 aromatic carbocycles. The Morgan fingerprint density at radius 2 is 2.04 bits per heavy atom. The molecule has 0 fully saturated rings. The van der Waals surface area contributed by atoms with Gasteiger partial charge in [0.1, 0.15) is 11.4 Å². The second-order valence-corrected chi connectivity index (χ2v) is 7.02. The molecule has 0 atom stereocenters. The van der Waals surface area contributed by atoms with Crippen molar-refractivity contribution in [3.05, 3.63) is 51.4 Å². The second-order valence-electron chi connectivity index (χ2n) is 6.16. The zero-order chi connectivity index (χ0) is 16.7. The fourth-order valence-corrected chi connectivity index (χ4v) is 4.27. The van der Waals surface area contributed by atoms with Crippen molar-refractivity contribution >= 4 is 27.5 Å². The Labute approximate surface area is 142 Å². The quantitative estimate of drug-likeness (QED) is 0.796. The normalized spacial score (nSPS) is 13.8. The smallest absolute Gasteiger partial charge is 0.263 e. The topological polar surface area (TPSA) is 78.0 Å². The summed E-state index contributed by atoms with van der Waals surface area (Å²) < 4.78 is 1.28. The average molecular weight is 339 g/mol. The Kier molecular flexibility index (Phi) is 3.69. The van der Waals surface area contributed by atoms with Gasteiger partial charge in [0.15, 0.2) is 0 Å². The Bertz CT molecular complexity index is 1000. The number of hydrogen-bond acceptors (Lipinski definition) is 4. The fourth-order valence-electron chi connectivity index (χ4n) is 3.36. The van der Waals surface area contributed by atoms with Crippen molar-refractivity contribution in [1.29, 1.82) is 0 Å². The highest BCUT2D eigenvalue weighted by Crippen LogP contribution is 2.33. The van der Waals surface area contributed by atoms with Gasteiger partial charge in [-0.2, -0.15) is 0 Å². The highest BCUT2D eigenvalue weighted by atomic mass is 32.1. The minimum absolute atomic E-state index is 0.152. The van der Waals surface area contributed by atoms with Gasteiger partial charge in [0.2, 0.25) is 5.91 Å². The van der Waals surface area contributed by atoms with Crippen molar-refractivity contribution in [3.8, 4) is 11.1 Å². The van der Waals surface area contributed by atoms with Gasteiger partial charge >= 0.3 is 0 Å². The second kappa shape index (κ2) is 5.87. The van der Waals surface area contributed by atoms with E-state index in [1.165, 1.54) is 46.2 Å². The number of nitrogens with two attached hydrogens (primary N) is 1. The highest BCUT2D eigenvalue weighted by Gasteiger charge is 2.16. The first-order valence-corrected chi connectivity index (χ1v) is 8.88. The highest BCUT2D eigenvalue weighted by molar-refractivity contribution is 7.17. The summed E-state index contributed by atoms with van der Waals surface area (Å²) >= 11 is 1.45. The Hall–Kier alpha value is -2.47. The van der Waals surface area contributed by atoms with Gasteiger partial charge in [-0.05, 0) is 42.4 Å². The summed E-state index contributed by atoms with van der Waals surface area (Å²) in [7, 11) is 0. The van der Waals surface area contributed by atoms with E-state index in [0.29, 0.717) is 10.2 Å². The van der Waals surface area contributed by atoms with Crippen molar-refractivity contribution in [2.45, 2.75) is 32.2 Å². The molecule has 0 saturated heterocycles.